The van der Waals surface area contributed by atoms with Crippen molar-refractivity contribution in [2.45, 2.75) is 12.8 Å². The van der Waals surface area contributed by atoms with Crippen LogP contribution in [0.4, 0.5) is 4.39 Å². The highest BCUT2D eigenvalue weighted by Crippen LogP contribution is 2.13. The summed E-state index contributed by atoms with van der Waals surface area (Å²) < 4.78 is 12.8. The van der Waals surface area contributed by atoms with Crippen molar-refractivity contribution in [3.63, 3.8) is 0 Å². The first-order valence-electron chi connectivity index (χ1n) is 3.65. The Morgan fingerprint density at radius 3 is 3.00 bits per heavy atom. The average molecular weight is 190 g/mol. The van der Waals surface area contributed by atoms with E-state index in [1.54, 1.807) is 0 Å². The van der Waals surface area contributed by atoms with Crippen LogP contribution in [-0.2, 0) is 6.42 Å². The fourth-order valence-electron chi connectivity index (χ4n) is 0.909. The molecule has 0 aliphatic carbocycles. The summed E-state index contributed by atoms with van der Waals surface area (Å²) in [5, 5.41) is 8.93. The number of hydrogen-bond donors (Lipinski definition) is 1. The van der Waals surface area contributed by atoms with Gasteiger partial charge < -0.3 is 5.11 Å². The maximum Gasteiger partial charge on any atom is 0.216 e. The van der Waals surface area contributed by atoms with E-state index in [9.17, 15) is 4.39 Å². The Bertz CT molecular complexity index is 267. The molecule has 0 fully saturated rings. The Labute approximate surface area is 75.0 Å². The van der Waals surface area contributed by atoms with Crippen molar-refractivity contribution in [2.24, 2.45) is 0 Å². The van der Waals surface area contributed by atoms with Gasteiger partial charge >= 0.3 is 0 Å². The summed E-state index contributed by atoms with van der Waals surface area (Å²) in [6.45, 7) is 0.0476. The molecule has 0 aromatic carbocycles. The van der Waals surface area contributed by atoms with Crippen molar-refractivity contribution in [1.82, 2.24) is 4.98 Å². The predicted octanol–water partition coefficient (Wildman–Crippen LogP) is 1.80. The highest BCUT2D eigenvalue weighted by atomic mass is 35.5. The maximum absolute atomic E-state index is 12.8. The van der Waals surface area contributed by atoms with E-state index >= 15 is 0 Å². The molecule has 0 bridgehead atoms. The quantitative estimate of drug-likeness (QED) is 0.736. The van der Waals surface area contributed by atoms with E-state index in [0.29, 0.717) is 23.4 Å². The summed E-state index contributed by atoms with van der Waals surface area (Å²) in [4.78, 5) is 3.45. The van der Waals surface area contributed by atoms with Gasteiger partial charge in [0.25, 0.3) is 0 Å². The van der Waals surface area contributed by atoms with Gasteiger partial charge in [0, 0.05) is 18.4 Å². The van der Waals surface area contributed by atoms with Gasteiger partial charge in [0.2, 0.25) is 5.95 Å². The number of hydrogen-bond acceptors (Lipinski definition) is 2. The van der Waals surface area contributed by atoms with Gasteiger partial charge in [-0.1, -0.05) is 11.6 Å². The van der Waals surface area contributed by atoms with Gasteiger partial charge in [-0.15, -0.1) is 0 Å². The molecule has 1 N–H and O–H groups in total. The second kappa shape index (κ2) is 4.38. The molecule has 0 spiro atoms. The first kappa shape index (κ1) is 9.42. The van der Waals surface area contributed by atoms with Crippen LogP contribution in [0.25, 0.3) is 0 Å². The van der Waals surface area contributed by atoms with Gasteiger partial charge in [0.15, 0.2) is 0 Å². The third kappa shape index (κ3) is 2.43. The van der Waals surface area contributed by atoms with Crippen LogP contribution in [0.3, 0.4) is 0 Å². The third-order valence-electron chi connectivity index (χ3n) is 1.48. The molecule has 0 unspecified atom stereocenters. The average Bonchev–Trinajstić information content (AvgIpc) is 2.07. The Morgan fingerprint density at radius 1 is 1.58 bits per heavy atom. The Kier molecular flexibility index (Phi) is 3.44. The van der Waals surface area contributed by atoms with E-state index in [-0.39, 0.29) is 6.61 Å². The Morgan fingerprint density at radius 2 is 2.33 bits per heavy atom. The second-order valence-electron chi connectivity index (χ2n) is 2.43. The van der Waals surface area contributed by atoms with Crippen LogP contribution >= 0.6 is 11.6 Å². The van der Waals surface area contributed by atoms with Crippen LogP contribution in [0, 0.1) is 5.95 Å². The van der Waals surface area contributed by atoms with E-state index in [0.717, 1.165) is 0 Å². The van der Waals surface area contributed by atoms with Gasteiger partial charge in [0.05, 0.1) is 5.02 Å². The number of pyridine rings is 1. The molecule has 1 aromatic rings. The fraction of sp³-hybridized carbons (Fsp3) is 0.375. The summed E-state index contributed by atoms with van der Waals surface area (Å²) >= 11 is 5.60. The molecule has 0 aliphatic rings. The number of aliphatic hydroxyl groups is 1. The number of aromatic nitrogens is 1. The van der Waals surface area contributed by atoms with Crippen LogP contribution in [-0.4, -0.2) is 16.7 Å². The van der Waals surface area contributed by atoms with Gasteiger partial charge in [0.1, 0.15) is 0 Å². The second-order valence-corrected chi connectivity index (χ2v) is 2.87. The fourth-order valence-corrected chi connectivity index (χ4v) is 1.09. The normalized spacial score (nSPS) is 10.2. The lowest BCUT2D eigenvalue weighted by atomic mass is 10.1. The zero-order valence-corrected chi connectivity index (χ0v) is 7.18. The molecule has 12 heavy (non-hydrogen) atoms. The standard InChI is InChI=1S/C8H9ClFNO/c9-7-4-6(2-1-3-12)8(10)11-5-7/h4-5,12H,1-3H2. The molecule has 4 heteroatoms. The first-order valence-corrected chi connectivity index (χ1v) is 4.02. The van der Waals surface area contributed by atoms with Crippen molar-refractivity contribution in [1.29, 1.82) is 0 Å². The molecule has 0 saturated heterocycles. The van der Waals surface area contributed by atoms with Crippen LogP contribution in [0.5, 0.6) is 0 Å². The summed E-state index contributed by atoms with van der Waals surface area (Å²) in [5.74, 6) is -0.507. The lowest BCUT2D eigenvalue weighted by molar-refractivity contribution is 0.288. The molecule has 1 heterocycles. The van der Waals surface area contributed by atoms with Crippen LogP contribution in [0.15, 0.2) is 12.3 Å². The first-order chi connectivity index (χ1) is 5.74. The summed E-state index contributed by atoms with van der Waals surface area (Å²) in [5.41, 5.74) is 0.455. The zero-order valence-electron chi connectivity index (χ0n) is 6.43. The largest absolute Gasteiger partial charge is 0.396 e. The van der Waals surface area contributed by atoms with E-state index in [1.807, 2.05) is 0 Å². The van der Waals surface area contributed by atoms with Crippen LogP contribution in [0.1, 0.15) is 12.0 Å². The molecule has 1 aromatic heterocycles. The minimum Gasteiger partial charge on any atom is -0.396 e. The van der Waals surface area contributed by atoms with E-state index in [1.165, 1.54) is 12.3 Å². The molecule has 66 valence electrons. The SMILES string of the molecule is OCCCc1cc(Cl)cnc1F. The predicted molar refractivity (Wildman–Crippen MR) is 44.6 cm³/mol. The Balaban J connectivity index is 2.75. The molecular formula is C8H9ClFNO. The number of nitrogens with zero attached hydrogens (tertiary/aromatic N) is 1. The number of aryl methyl sites for hydroxylation is 1. The lowest BCUT2D eigenvalue weighted by Gasteiger charge is -2.00. The summed E-state index contributed by atoms with van der Waals surface area (Å²) in [6.07, 6.45) is 2.26. The lowest BCUT2D eigenvalue weighted by Crippen LogP contribution is -1.95. The van der Waals surface area contributed by atoms with E-state index in [4.69, 9.17) is 16.7 Å². The molecule has 0 atom stereocenters. The van der Waals surface area contributed by atoms with Crippen molar-refractivity contribution in [3.05, 3.63) is 28.8 Å². The number of rotatable bonds is 3. The van der Waals surface area contributed by atoms with Crippen molar-refractivity contribution in [3.8, 4) is 0 Å². The molecule has 0 amide bonds. The van der Waals surface area contributed by atoms with Gasteiger partial charge in [-0.25, -0.2) is 4.98 Å². The minimum atomic E-state index is -0.507. The summed E-state index contributed by atoms with van der Waals surface area (Å²) in [7, 11) is 0. The summed E-state index contributed by atoms with van der Waals surface area (Å²) in [6, 6.07) is 1.53. The monoisotopic (exact) mass is 189 g/mol. The molecular weight excluding hydrogens is 181 g/mol. The number of halogens is 2. The molecule has 1 rings (SSSR count). The van der Waals surface area contributed by atoms with Crippen molar-refractivity contribution < 1.29 is 9.50 Å². The number of aliphatic hydroxyl groups excluding tert-OH is 1. The third-order valence-corrected chi connectivity index (χ3v) is 1.69. The smallest absolute Gasteiger partial charge is 0.216 e. The van der Waals surface area contributed by atoms with E-state index in [2.05, 4.69) is 4.98 Å². The van der Waals surface area contributed by atoms with Gasteiger partial charge in [-0.05, 0) is 18.9 Å². The van der Waals surface area contributed by atoms with E-state index < -0.39 is 5.95 Å². The minimum absolute atomic E-state index is 0.0476. The van der Waals surface area contributed by atoms with Gasteiger partial charge in [-0.3, -0.25) is 0 Å². The maximum atomic E-state index is 12.8. The van der Waals surface area contributed by atoms with Gasteiger partial charge in [-0.2, -0.15) is 4.39 Å². The zero-order chi connectivity index (χ0) is 8.97. The van der Waals surface area contributed by atoms with Crippen LogP contribution in [0.2, 0.25) is 5.02 Å². The molecule has 0 radical (unpaired) electrons. The highest BCUT2D eigenvalue weighted by molar-refractivity contribution is 6.30. The van der Waals surface area contributed by atoms with Crippen LogP contribution < -0.4 is 0 Å². The Hall–Kier alpha value is -0.670. The van der Waals surface area contributed by atoms with Crippen molar-refractivity contribution in [2.75, 3.05) is 6.61 Å². The van der Waals surface area contributed by atoms with Crippen molar-refractivity contribution >= 4 is 11.6 Å². The molecule has 0 saturated carbocycles. The molecule has 2 nitrogen and oxygen atoms in total. The topological polar surface area (TPSA) is 33.1 Å². The highest BCUT2D eigenvalue weighted by Gasteiger charge is 2.03. The molecule has 0 aliphatic heterocycles.